The molecular formula is C32H52N3O7S+. The summed E-state index contributed by atoms with van der Waals surface area (Å²) in [5.74, 6) is -0.820. The summed E-state index contributed by atoms with van der Waals surface area (Å²) in [4.78, 5) is 35.8. The number of carbonyl (C=O) groups is 3. The molecule has 0 fully saturated rings. The van der Waals surface area contributed by atoms with E-state index in [-0.39, 0.29) is 23.7 Å². The van der Waals surface area contributed by atoms with Crippen molar-refractivity contribution >= 4 is 39.2 Å². The van der Waals surface area contributed by atoms with Gasteiger partial charge >= 0.3 is 12.1 Å². The maximum atomic E-state index is 12.6. The molecule has 0 spiro atoms. The summed E-state index contributed by atoms with van der Waals surface area (Å²) in [6.07, 6.45) is 6.75. The fraction of sp³-hybridized carbons (Fsp3) is 0.688. The second kappa shape index (κ2) is 15.7. The number of benzene rings is 1. The van der Waals surface area contributed by atoms with Crippen molar-refractivity contribution in [1.82, 2.24) is 10.6 Å². The molecule has 0 saturated heterocycles. The number of unbranched alkanes of at least 4 members (excludes halogenated alkanes) is 4. The lowest BCUT2D eigenvalue weighted by Gasteiger charge is -2.22. The number of alkyl carbamates (subject to hydrolysis) is 1. The molecule has 11 heteroatoms. The van der Waals surface area contributed by atoms with Crippen LogP contribution in [0.15, 0.2) is 23.1 Å². The first-order chi connectivity index (χ1) is 19.9. The zero-order chi connectivity index (χ0) is 32.4. The number of nitrogens with zero attached hydrogens (tertiary/aromatic N) is 1. The van der Waals surface area contributed by atoms with Gasteiger partial charge in [-0.2, -0.15) is 4.58 Å². The van der Waals surface area contributed by atoms with Gasteiger partial charge < -0.3 is 20.5 Å². The third kappa shape index (κ3) is 11.9. The topological polar surface area (TPSA) is 142 Å². The van der Waals surface area contributed by atoms with Crippen LogP contribution in [0.1, 0.15) is 105 Å². The zero-order valence-corrected chi connectivity index (χ0v) is 27.9. The Balaban J connectivity index is 1.82. The van der Waals surface area contributed by atoms with E-state index in [2.05, 4.69) is 36.0 Å². The van der Waals surface area contributed by atoms with Crippen LogP contribution in [0, 0.1) is 5.92 Å². The van der Waals surface area contributed by atoms with Gasteiger partial charge in [0.2, 0.25) is 11.6 Å². The van der Waals surface area contributed by atoms with Crippen LogP contribution < -0.4 is 10.6 Å². The molecule has 1 atom stereocenters. The Kier molecular flexibility index (Phi) is 13.2. The Morgan fingerprint density at radius 2 is 1.60 bits per heavy atom. The summed E-state index contributed by atoms with van der Waals surface area (Å²) in [5.41, 5.74) is 2.38. The second-order valence-corrected chi connectivity index (χ2v) is 15.2. The fourth-order valence-electron chi connectivity index (χ4n) is 5.27. The van der Waals surface area contributed by atoms with E-state index < -0.39 is 27.5 Å². The lowest BCUT2D eigenvalue weighted by atomic mass is 9.82. The monoisotopic (exact) mass is 622 g/mol. The highest BCUT2D eigenvalue weighted by Crippen LogP contribution is 2.40. The zero-order valence-electron chi connectivity index (χ0n) is 27.0. The van der Waals surface area contributed by atoms with Gasteiger partial charge in [0.25, 0.3) is 0 Å². The summed E-state index contributed by atoms with van der Waals surface area (Å²) in [5, 5.41) is 14.6. The molecule has 3 N–H and O–H groups in total. The highest BCUT2D eigenvalue weighted by Gasteiger charge is 2.43. The Morgan fingerprint density at radius 1 is 0.977 bits per heavy atom. The number of carboxylic acids is 1. The van der Waals surface area contributed by atoms with Gasteiger partial charge in [-0.15, -0.1) is 0 Å². The number of hydrogen-bond acceptors (Lipinski definition) is 6. The summed E-state index contributed by atoms with van der Waals surface area (Å²) >= 11 is 0. The highest BCUT2D eigenvalue weighted by molar-refractivity contribution is 7.90. The third-order valence-corrected chi connectivity index (χ3v) is 9.09. The lowest BCUT2D eigenvalue weighted by Crippen LogP contribution is -2.39. The first-order valence-electron chi connectivity index (χ1n) is 15.3. The molecule has 0 aromatic heterocycles. The van der Waals surface area contributed by atoms with Gasteiger partial charge in [-0.25, -0.2) is 13.2 Å². The number of fused-ring (bicyclic) bond motifs is 1. The van der Waals surface area contributed by atoms with Crippen LogP contribution in [0.5, 0.6) is 0 Å². The maximum absolute atomic E-state index is 12.6. The molecule has 0 aliphatic carbocycles. The van der Waals surface area contributed by atoms with Gasteiger partial charge in [0.1, 0.15) is 12.1 Å². The van der Waals surface area contributed by atoms with Crippen molar-refractivity contribution in [2.75, 3.05) is 25.9 Å². The molecule has 2 amide bonds. The number of nitrogens with one attached hydrogen (secondary N) is 2. The molecular weight excluding hydrogens is 570 g/mol. The minimum atomic E-state index is -3.29. The summed E-state index contributed by atoms with van der Waals surface area (Å²) in [7, 11) is -3.29. The number of ether oxygens (including phenoxy) is 1. The molecule has 0 radical (unpaired) electrons. The summed E-state index contributed by atoms with van der Waals surface area (Å²) in [6, 6.07) is 5.37. The average molecular weight is 623 g/mol. The quantitative estimate of drug-likeness (QED) is 0.157. The molecule has 10 nitrogen and oxygen atoms in total. The number of carboxylic acid groups (broad SMARTS) is 1. The van der Waals surface area contributed by atoms with E-state index >= 15 is 0 Å². The van der Waals surface area contributed by atoms with Crippen LogP contribution in [-0.2, 0) is 29.6 Å². The second-order valence-electron chi connectivity index (χ2n) is 13.2. The van der Waals surface area contributed by atoms with Gasteiger partial charge in [-0.3, -0.25) is 9.59 Å². The molecule has 1 aromatic carbocycles. The molecule has 1 aromatic rings. The van der Waals surface area contributed by atoms with Crippen LogP contribution in [0.25, 0.3) is 0 Å². The first kappa shape index (κ1) is 36.2. The Bertz CT molecular complexity index is 1280. The Hall–Kier alpha value is -2.95. The molecule has 0 saturated carbocycles. The minimum Gasteiger partial charge on any atom is -0.481 e. The van der Waals surface area contributed by atoms with Crippen molar-refractivity contribution in [1.29, 1.82) is 0 Å². The minimum absolute atomic E-state index is 0.0154. The molecule has 1 aliphatic heterocycles. The van der Waals surface area contributed by atoms with E-state index in [1.54, 1.807) is 32.9 Å². The van der Waals surface area contributed by atoms with Gasteiger partial charge in [-0.1, -0.05) is 12.8 Å². The lowest BCUT2D eigenvalue weighted by molar-refractivity contribution is -0.439. The standard InChI is InChI=1S/C32H51N3O7S/c1-23-32(5,6)26-20-25(43(7,40)41)17-18-27(26)35(23)19-13-9-11-15-28(36)33-21-24(14-10-8-12-16-29(37)38)22-34-30(39)42-31(2,3)4/h17-18,20,24H,8-16,19,21-22H2,1-7H3,(H2-,33,34,36,37,38,39)/p+1. The maximum Gasteiger partial charge on any atom is 0.407 e. The van der Waals surface area contributed by atoms with Gasteiger partial charge in [0, 0.05) is 57.2 Å². The van der Waals surface area contributed by atoms with E-state index in [0.29, 0.717) is 30.8 Å². The van der Waals surface area contributed by atoms with Crippen LogP contribution in [0.2, 0.25) is 0 Å². The van der Waals surface area contributed by atoms with E-state index in [9.17, 15) is 22.8 Å². The molecule has 242 valence electrons. The van der Waals surface area contributed by atoms with Crippen LogP contribution in [-0.4, -0.2) is 73.3 Å². The summed E-state index contributed by atoms with van der Waals surface area (Å²) in [6.45, 7) is 13.3. The Morgan fingerprint density at radius 3 is 2.23 bits per heavy atom. The van der Waals surface area contributed by atoms with E-state index in [1.165, 1.54) is 12.0 Å². The summed E-state index contributed by atoms with van der Waals surface area (Å²) < 4.78 is 31.8. The molecule has 43 heavy (non-hydrogen) atoms. The van der Waals surface area contributed by atoms with E-state index in [0.717, 1.165) is 56.3 Å². The van der Waals surface area contributed by atoms with Crippen molar-refractivity contribution in [2.45, 2.75) is 115 Å². The van der Waals surface area contributed by atoms with E-state index in [1.807, 2.05) is 6.07 Å². The average Bonchev–Trinajstić information content (AvgIpc) is 3.07. The highest BCUT2D eigenvalue weighted by atomic mass is 32.2. The number of amides is 2. The van der Waals surface area contributed by atoms with Gasteiger partial charge in [0.05, 0.1) is 10.3 Å². The predicted octanol–water partition coefficient (Wildman–Crippen LogP) is 5.34. The molecule has 1 aliphatic rings. The largest absolute Gasteiger partial charge is 0.481 e. The predicted molar refractivity (Wildman–Crippen MR) is 168 cm³/mol. The normalized spacial score (nSPS) is 15.1. The van der Waals surface area contributed by atoms with Gasteiger partial charge in [0.15, 0.2) is 15.5 Å². The number of carbonyl (C=O) groups excluding carboxylic acids is 2. The van der Waals surface area contributed by atoms with Crippen molar-refractivity contribution in [3.05, 3.63) is 23.8 Å². The van der Waals surface area contributed by atoms with E-state index in [4.69, 9.17) is 9.84 Å². The Labute approximate surface area is 257 Å². The number of sulfone groups is 1. The SMILES string of the molecule is CC1=[N+](CCCCCC(=O)NCC(CCCCCC(=O)O)CNC(=O)OC(C)(C)C)c2ccc(S(C)(=O)=O)cc2C1(C)C. The van der Waals surface area contributed by atoms with Crippen LogP contribution in [0.4, 0.5) is 10.5 Å². The molecule has 0 bridgehead atoms. The third-order valence-electron chi connectivity index (χ3n) is 7.98. The number of hydrogen-bond donors (Lipinski definition) is 3. The van der Waals surface area contributed by atoms with Crippen LogP contribution in [0.3, 0.4) is 0 Å². The van der Waals surface area contributed by atoms with Crippen LogP contribution >= 0.6 is 0 Å². The molecule has 2 rings (SSSR count). The molecule has 1 heterocycles. The smallest absolute Gasteiger partial charge is 0.407 e. The number of rotatable bonds is 17. The van der Waals surface area contributed by atoms with Crippen molar-refractivity contribution < 1.29 is 37.2 Å². The fourth-order valence-corrected chi connectivity index (χ4v) is 5.91. The van der Waals surface area contributed by atoms with Crippen molar-refractivity contribution in [2.24, 2.45) is 5.92 Å². The molecule has 1 unspecified atom stereocenters. The van der Waals surface area contributed by atoms with Gasteiger partial charge in [-0.05, 0) is 78.4 Å². The van der Waals surface area contributed by atoms with Crippen molar-refractivity contribution in [3.8, 4) is 0 Å². The number of aliphatic carboxylic acids is 1. The first-order valence-corrected chi connectivity index (χ1v) is 17.2. The van der Waals surface area contributed by atoms with Crippen molar-refractivity contribution in [3.63, 3.8) is 0 Å².